The number of hydrogen-bond donors (Lipinski definition) is 1. The van der Waals surface area contributed by atoms with Crippen molar-refractivity contribution in [3.05, 3.63) is 23.9 Å². The lowest BCUT2D eigenvalue weighted by molar-refractivity contribution is 0.178. The van der Waals surface area contributed by atoms with Gasteiger partial charge in [0.05, 0.1) is 5.75 Å². The van der Waals surface area contributed by atoms with E-state index in [1.807, 2.05) is 12.1 Å². The summed E-state index contributed by atoms with van der Waals surface area (Å²) in [6, 6.07) is 3.85. The predicted molar refractivity (Wildman–Crippen MR) is 76.4 cm³/mol. The standard InChI is InChI=1S/C13H21N3O2S/c1-19(17,18)10-11-4-3-7-16(8-11)9-12-5-2-6-15-13(12)14/h2,5-6,11H,3-4,7-10H2,1H3,(H2,14,15)/t11-/m0/s1. The molecule has 0 amide bonds. The Morgan fingerprint density at radius 2 is 2.32 bits per heavy atom. The maximum Gasteiger partial charge on any atom is 0.147 e. The van der Waals surface area contributed by atoms with Crippen LogP contribution in [0.2, 0.25) is 0 Å². The smallest absolute Gasteiger partial charge is 0.147 e. The molecule has 0 radical (unpaired) electrons. The van der Waals surface area contributed by atoms with Gasteiger partial charge in [-0.1, -0.05) is 6.07 Å². The van der Waals surface area contributed by atoms with Crippen LogP contribution in [0, 0.1) is 5.92 Å². The SMILES string of the molecule is CS(=O)(=O)C[C@H]1CCCN(Cc2cccnc2N)C1. The van der Waals surface area contributed by atoms with Crippen LogP contribution in [0.3, 0.4) is 0 Å². The number of anilines is 1. The summed E-state index contributed by atoms with van der Waals surface area (Å²) >= 11 is 0. The van der Waals surface area contributed by atoms with Crippen LogP contribution in [0.5, 0.6) is 0 Å². The molecule has 1 aromatic rings. The van der Waals surface area contributed by atoms with E-state index in [4.69, 9.17) is 5.73 Å². The summed E-state index contributed by atoms with van der Waals surface area (Å²) in [5.41, 5.74) is 6.86. The fourth-order valence-electron chi connectivity index (χ4n) is 2.68. The number of rotatable bonds is 4. The van der Waals surface area contributed by atoms with Gasteiger partial charge in [-0.05, 0) is 31.4 Å². The molecule has 1 aliphatic heterocycles. The van der Waals surface area contributed by atoms with E-state index in [0.717, 1.165) is 38.0 Å². The molecule has 0 saturated carbocycles. The Morgan fingerprint density at radius 3 is 3.00 bits per heavy atom. The van der Waals surface area contributed by atoms with Gasteiger partial charge in [-0.25, -0.2) is 13.4 Å². The topological polar surface area (TPSA) is 76.3 Å². The number of nitrogens with two attached hydrogens (primary N) is 1. The lowest BCUT2D eigenvalue weighted by Gasteiger charge is -2.32. The molecular formula is C13H21N3O2S. The van der Waals surface area contributed by atoms with Crippen molar-refractivity contribution in [2.45, 2.75) is 19.4 Å². The molecule has 1 aromatic heterocycles. The summed E-state index contributed by atoms with van der Waals surface area (Å²) in [4.78, 5) is 6.35. The number of piperidine rings is 1. The molecule has 0 aromatic carbocycles. The van der Waals surface area contributed by atoms with Crippen LogP contribution in [-0.4, -0.2) is 43.4 Å². The van der Waals surface area contributed by atoms with Crippen LogP contribution in [0.15, 0.2) is 18.3 Å². The third-order valence-electron chi connectivity index (χ3n) is 3.46. The number of hydrogen-bond acceptors (Lipinski definition) is 5. The van der Waals surface area contributed by atoms with Crippen LogP contribution in [0.4, 0.5) is 5.82 Å². The van der Waals surface area contributed by atoms with Crippen LogP contribution >= 0.6 is 0 Å². The highest BCUT2D eigenvalue weighted by Crippen LogP contribution is 2.21. The van der Waals surface area contributed by atoms with Gasteiger partial charge in [0.1, 0.15) is 15.7 Å². The number of aromatic nitrogens is 1. The van der Waals surface area contributed by atoms with Crippen molar-refractivity contribution in [3.63, 3.8) is 0 Å². The van der Waals surface area contributed by atoms with Gasteiger partial charge in [0, 0.05) is 31.1 Å². The monoisotopic (exact) mass is 283 g/mol. The van der Waals surface area contributed by atoms with Gasteiger partial charge < -0.3 is 5.73 Å². The minimum atomic E-state index is -2.89. The van der Waals surface area contributed by atoms with E-state index in [-0.39, 0.29) is 11.7 Å². The second kappa shape index (κ2) is 5.88. The molecule has 0 aliphatic carbocycles. The summed E-state index contributed by atoms with van der Waals surface area (Å²) in [6.45, 7) is 2.57. The van der Waals surface area contributed by atoms with E-state index in [1.54, 1.807) is 6.20 Å². The average Bonchev–Trinajstić information content (AvgIpc) is 2.30. The molecule has 2 rings (SSSR count). The first-order valence-electron chi connectivity index (χ1n) is 6.53. The summed E-state index contributed by atoms with van der Waals surface area (Å²) < 4.78 is 22.7. The largest absolute Gasteiger partial charge is 0.383 e. The molecule has 0 spiro atoms. The first-order valence-corrected chi connectivity index (χ1v) is 8.59. The second-order valence-electron chi connectivity index (χ2n) is 5.38. The van der Waals surface area contributed by atoms with Crippen molar-refractivity contribution >= 4 is 15.7 Å². The van der Waals surface area contributed by atoms with Crippen LogP contribution in [0.25, 0.3) is 0 Å². The number of nitrogen functional groups attached to an aromatic ring is 1. The molecule has 1 atom stereocenters. The number of pyridine rings is 1. The first kappa shape index (κ1) is 14.3. The minimum absolute atomic E-state index is 0.238. The second-order valence-corrected chi connectivity index (χ2v) is 7.57. The van der Waals surface area contributed by atoms with E-state index < -0.39 is 9.84 Å². The zero-order valence-electron chi connectivity index (χ0n) is 11.2. The van der Waals surface area contributed by atoms with Crippen molar-refractivity contribution in [3.8, 4) is 0 Å². The molecule has 106 valence electrons. The highest BCUT2D eigenvalue weighted by atomic mass is 32.2. The van der Waals surface area contributed by atoms with Gasteiger partial charge in [-0.15, -0.1) is 0 Å². The van der Waals surface area contributed by atoms with Crippen molar-refractivity contribution in [1.82, 2.24) is 9.88 Å². The minimum Gasteiger partial charge on any atom is -0.383 e. The Morgan fingerprint density at radius 1 is 1.53 bits per heavy atom. The van der Waals surface area contributed by atoms with Crippen molar-refractivity contribution in [2.75, 3.05) is 30.8 Å². The van der Waals surface area contributed by atoms with E-state index in [1.165, 1.54) is 6.26 Å². The highest BCUT2D eigenvalue weighted by molar-refractivity contribution is 7.90. The van der Waals surface area contributed by atoms with Crippen molar-refractivity contribution < 1.29 is 8.42 Å². The fraction of sp³-hybridized carbons (Fsp3) is 0.615. The van der Waals surface area contributed by atoms with Crippen LogP contribution in [-0.2, 0) is 16.4 Å². The van der Waals surface area contributed by atoms with E-state index in [2.05, 4.69) is 9.88 Å². The summed E-state index contributed by atoms with van der Waals surface area (Å²) in [5.74, 6) is 1.08. The Bertz CT molecular complexity index is 530. The molecule has 2 heterocycles. The van der Waals surface area contributed by atoms with Crippen molar-refractivity contribution in [2.24, 2.45) is 5.92 Å². The molecule has 5 nitrogen and oxygen atoms in total. The Hall–Kier alpha value is -1.14. The lowest BCUT2D eigenvalue weighted by atomic mass is 9.99. The molecule has 0 bridgehead atoms. The Balaban J connectivity index is 1.96. The van der Waals surface area contributed by atoms with Gasteiger partial charge in [0.25, 0.3) is 0 Å². The average molecular weight is 283 g/mol. The maximum atomic E-state index is 11.4. The number of likely N-dealkylation sites (tertiary alicyclic amines) is 1. The third-order valence-corrected chi connectivity index (χ3v) is 4.54. The van der Waals surface area contributed by atoms with E-state index in [0.29, 0.717) is 5.82 Å². The molecule has 1 saturated heterocycles. The summed E-state index contributed by atoms with van der Waals surface area (Å²) in [5, 5.41) is 0. The zero-order chi connectivity index (χ0) is 13.9. The van der Waals surface area contributed by atoms with Gasteiger partial charge in [-0.2, -0.15) is 0 Å². The molecule has 1 fully saturated rings. The zero-order valence-corrected chi connectivity index (χ0v) is 12.1. The summed E-state index contributed by atoms with van der Waals surface area (Å²) in [6.07, 6.45) is 5.03. The quantitative estimate of drug-likeness (QED) is 0.889. The first-order chi connectivity index (χ1) is 8.94. The van der Waals surface area contributed by atoms with E-state index >= 15 is 0 Å². The van der Waals surface area contributed by atoms with E-state index in [9.17, 15) is 8.42 Å². The fourth-order valence-corrected chi connectivity index (χ4v) is 3.81. The highest BCUT2D eigenvalue weighted by Gasteiger charge is 2.23. The molecule has 19 heavy (non-hydrogen) atoms. The molecule has 0 unspecified atom stereocenters. The van der Waals surface area contributed by atoms with Crippen LogP contribution in [0.1, 0.15) is 18.4 Å². The Labute approximate surface area is 114 Å². The molecule has 6 heteroatoms. The number of sulfone groups is 1. The maximum absolute atomic E-state index is 11.4. The third kappa shape index (κ3) is 4.47. The summed E-state index contributed by atoms with van der Waals surface area (Å²) in [7, 11) is -2.89. The molecular weight excluding hydrogens is 262 g/mol. The molecule has 2 N–H and O–H groups in total. The van der Waals surface area contributed by atoms with Crippen molar-refractivity contribution in [1.29, 1.82) is 0 Å². The van der Waals surface area contributed by atoms with Crippen LogP contribution < -0.4 is 5.73 Å². The van der Waals surface area contributed by atoms with Gasteiger partial charge in [-0.3, -0.25) is 4.90 Å². The van der Waals surface area contributed by atoms with Gasteiger partial charge in [0.2, 0.25) is 0 Å². The molecule has 1 aliphatic rings. The lowest BCUT2D eigenvalue weighted by Crippen LogP contribution is -2.37. The Kier molecular flexibility index (Phi) is 4.42. The predicted octanol–water partition coefficient (Wildman–Crippen LogP) is 0.920. The van der Waals surface area contributed by atoms with Gasteiger partial charge >= 0.3 is 0 Å². The van der Waals surface area contributed by atoms with Gasteiger partial charge in [0.15, 0.2) is 0 Å². The normalized spacial score (nSPS) is 21.4. The number of nitrogens with zero attached hydrogens (tertiary/aromatic N) is 2.